The van der Waals surface area contributed by atoms with Gasteiger partial charge in [-0.3, -0.25) is 4.79 Å². The molecule has 1 aliphatic rings. The van der Waals surface area contributed by atoms with Crippen LogP contribution >= 0.6 is 11.5 Å². The number of halogens is 1. The molecule has 0 radical (unpaired) electrons. The molecule has 162 valence electrons. The Balaban J connectivity index is 1.25. The molecule has 2 aromatic carbocycles. The molecule has 0 saturated carbocycles. The van der Waals surface area contributed by atoms with Gasteiger partial charge in [0, 0.05) is 38.1 Å². The Morgan fingerprint density at radius 3 is 2.52 bits per heavy atom. The predicted molar refractivity (Wildman–Crippen MR) is 122 cm³/mol. The summed E-state index contributed by atoms with van der Waals surface area (Å²) in [4.78, 5) is 21.2. The first-order valence-corrected chi connectivity index (χ1v) is 11.4. The van der Waals surface area contributed by atoms with Crippen LogP contribution in [0.15, 0.2) is 54.6 Å². The van der Waals surface area contributed by atoms with Crippen molar-refractivity contribution in [2.75, 3.05) is 31.6 Å². The van der Waals surface area contributed by atoms with E-state index in [-0.39, 0.29) is 11.7 Å². The van der Waals surface area contributed by atoms with Crippen LogP contribution in [0, 0.1) is 11.7 Å². The monoisotopic (exact) mass is 438 g/mol. The van der Waals surface area contributed by atoms with Gasteiger partial charge in [-0.2, -0.15) is 4.37 Å². The molecule has 0 N–H and O–H groups in total. The van der Waals surface area contributed by atoms with E-state index < -0.39 is 0 Å². The first-order chi connectivity index (χ1) is 15.1. The minimum atomic E-state index is -0.252. The molecule has 2 heterocycles. The van der Waals surface area contributed by atoms with Crippen LogP contribution in [-0.2, 0) is 17.6 Å². The zero-order valence-corrected chi connectivity index (χ0v) is 18.5. The molecule has 5 nitrogen and oxygen atoms in total. The topological polar surface area (TPSA) is 49.3 Å². The first kappa shape index (κ1) is 21.4. The summed E-state index contributed by atoms with van der Waals surface area (Å²) in [5.74, 6) is 1.21. The minimum absolute atomic E-state index is 0.135. The summed E-state index contributed by atoms with van der Waals surface area (Å²) in [6.45, 7) is 1.93. The fourth-order valence-corrected chi connectivity index (χ4v) is 4.60. The van der Waals surface area contributed by atoms with Gasteiger partial charge >= 0.3 is 0 Å². The van der Waals surface area contributed by atoms with Crippen molar-refractivity contribution in [2.24, 2.45) is 5.92 Å². The molecular weight excluding hydrogens is 411 g/mol. The summed E-state index contributed by atoms with van der Waals surface area (Å²) in [6.07, 6.45) is 3.73. The van der Waals surface area contributed by atoms with E-state index in [2.05, 4.69) is 33.6 Å². The second-order valence-electron chi connectivity index (χ2n) is 8.17. The number of nitrogens with zero attached hydrogens (tertiary/aromatic N) is 4. The van der Waals surface area contributed by atoms with Gasteiger partial charge in [0.05, 0.1) is 6.54 Å². The van der Waals surface area contributed by atoms with Gasteiger partial charge in [0.15, 0.2) is 0 Å². The molecule has 3 aromatic rings. The normalized spacial score (nSPS) is 14.6. The highest BCUT2D eigenvalue weighted by Crippen LogP contribution is 2.23. The first-order valence-electron chi connectivity index (χ1n) is 10.7. The highest BCUT2D eigenvalue weighted by Gasteiger charge is 2.24. The van der Waals surface area contributed by atoms with Crippen molar-refractivity contribution in [3.8, 4) is 0 Å². The predicted octanol–water partition coefficient (Wildman–Crippen LogP) is 4.19. The van der Waals surface area contributed by atoms with Gasteiger partial charge in [0.2, 0.25) is 11.0 Å². The quantitative estimate of drug-likeness (QED) is 0.555. The van der Waals surface area contributed by atoms with Crippen molar-refractivity contribution in [1.82, 2.24) is 14.3 Å². The third-order valence-electron chi connectivity index (χ3n) is 5.77. The van der Waals surface area contributed by atoms with Crippen molar-refractivity contribution in [2.45, 2.75) is 25.7 Å². The number of likely N-dealkylation sites (N-methyl/N-ethyl adjacent to an activating group) is 1. The number of carbonyl (C=O) groups is 1. The summed E-state index contributed by atoms with van der Waals surface area (Å²) >= 11 is 1.29. The lowest BCUT2D eigenvalue weighted by Crippen LogP contribution is -2.43. The van der Waals surface area contributed by atoms with E-state index in [1.165, 1.54) is 29.2 Å². The molecule has 1 saturated heterocycles. The number of likely N-dealkylation sites (tertiary alicyclic amines) is 1. The summed E-state index contributed by atoms with van der Waals surface area (Å²) in [5.41, 5.74) is 2.34. The van der Waals surface area contributed by atoms with Gasteiger partial charge in [-0.1, -0.05) is 42.5 Å². The van der Waals surface area contributed by atoms with Crippen LogP contribution in [0.25, 0.3) is 0 Å². The number of amides is 1. The van der Waals surface area contributed by atoms with Crippen LogP contribution in [0.2, 0.25) is 0 Å². The SMILES string of the molecule is CN(CC(=O)N1CCC(Cc2ccccc2)CC1)c1nc(Cc2ccc(F)cc2)ns1. The maximum Gasteiger partial charge on any atom is 0.242 e. The molecule has 0 unspecified atom stereocenters. The molecule has 1 aromatic heterocycles. The largest absolute Gasteiger partial charge is 0.341 e. The van der Waals surface area contributed by atoms with Crippen molar-refractivity contribution < 1.29 is 9.18 Å². The fraction of sp³-hybridized carbons (Fsp3) is 0.375. The van der Waals surface area contributed by atoms with Gasteiger partial charge in [-0.15, -0.1) is 0 Å². The molecular formula is C24H27FN4OS. The number of hydrogen-bond donors (Lipinski definition) is 0. The Bertz CT molecular complexity index is 984. The van der Waals surface area contributed by atoms with Gasteiger partial charge in [0.25, 0.3) is 0 Å². The van der Waals surface area contributed by atoms with Crippen molar-refractivity contribution in [3.05, 3.63) is 77.4 Å². The number of carbonyl (C=O) groups excluding carboxylic acids is 1. The molecule has 4 rings (SSSR count). The van der Waals surface area contributed by atoms with Crippen LogP contribution < -0.4 is 4.90 Å². The van der Waals surface area contributed by atoms with E-state index in [1.807, 2.05) is 22.9 Å². The van der Waals surface area contributed by atoms with Crippen LogP contribution in [0.3, 0.4) is 0 Å². The van der Waals surface area contributed by atoms with Gasteiger partial charge in [-0.25, -0.2) is 9.37 Å². The Morgan fingerprint density at radius 2 is 1.81 bits per heavy atom. The van der Waals surface area contributed by atoms with E-state index in [4.69, 9.17) is 0 Å². The van der Waals surface area contributed by atoms with E-state index in [1.54, 1.807) is 12.1 Å². The van der Waals surface area contributed by atoms with E-state index in [0.29, 0.717) is 24.7 Å². The molecule has 1 aliphatic heterocycles. The minimum Gasteiger partial charge on any atom is -0.341 e. The second-order valence-corrected chi connectivity index (χ2v) is 8.90. The molecule has 0 bridgehead atoms. The third kappa shape index (κ3) is 5.88. The smallest absolute Gasteiger partial charge is 0.242 e. The zero-order valence-electron chi connectivity index (χ0n) is 17.7. The summed E-state index contributed by atoms with van der Waals surface area (Å²) in [5, 5.41) is 0.726. The summed E-state index contributed by atoms with van der Waals surface area (Å²) in [6, 6.07) is 16.9. The van der Waals surface area contributed by atoms with Crippen LogP contribution in [0.5, 0.6) is 0 Å². The molecule has 1 fully saturated rings. The van der Waals surface area contributed by atoms with E-state index in [9.17, 15) is 9.18 Å². The number of aromatic nitrogens is 2. The number of rotatable bonds is 7. The van der Waals surface area contributed by atoms with E-state index in [0.717, 1.165) is 43.0 Å². The molecule has 1 amide bonds. The van der Waals surface area contributed by atoms with Crippen LogP contribution in [0.1, 0.15) is 29.8 Å². The Hall–Kier alpha value is -2.80. The Morgan fingerprint density at radius 1 is 1.10 bits per heavy atom. The third-order valence-corrected chi connectivity index (χ3v) is 6.63. The number of benzene rings is 2. The van der Waals surface area contributed by atoms with Crippen molar-refractivity contribution in [1.29, 1.82) is 0 Å². The standard InChI is InChI=1S/C24H27FN4OS/c1-28(24-26-22(27-31-24)16-19-7-9-21(25)10-8-19)17-23(30)29-13-11-20(12-14-29)15-18-5-3-2-4-6-18/h2-10,20H,11-17H2,1H3. The van der Waals surface area contributed by atoms with Crippen LogP contribution in [-0.4, -0.2) is 46.8 Å². The summed E-state index contributed by atoms with van der Waals surface area (Å²) in [7, 11) is 1.88. The molecule has 31 heavy (non-hydrogen) atoms. The Labute approximate surface area is 186 Å². The molecule has 7 heteroatoms. The average molecular weight is 439 g/mol. The molecule has 0 spiro atoms. The summed E-state index contributed by atoms with van der Waals surface area (Å²) < 4.78 is 17.5. The lowest BCUT2D eigenvalue weighted by Gasteiger charge is -2.33. The maximum absolute atomic E-state index is 13.1. The second kappa shape index (κ2) is 10.0. The van der Waals surface area contributed by atoms with Gasteiger partial charge in [0.1, 0.15) is 11.6 Å². The van der Waals surface area contributed by atoms with Crippen molar-refractivity contribution >= 4 is 22.6 Å². The van der Waals surface area contributed by atoms with E-state index >= 15 is 0 Å². The van der Waals surface area contributed by atoms with Gasteiger partial charge in [-0.05, 0) is 48.4 Å². The number of piperidine rings is 1. The number of hydrogen-bond acceptors (Lipinski definition) is 5. The van der Waals surface area contributed by atoms with Crippen molar-refractivity contribution in [3.63, 3.8) is 0 Å². The highest BCUT2D eigenvalue weighted by atomic mass is 32.1. The molecule has 0 aliphatic carbocycles. The Kier molecular flexibility index (Phi) is 6.92. The van der Waals surface area contributed by atoms with Crippen LogP contribution in [0.4, 0.5) is 9.52 Å². The average Bonchev–Trinajstić information content (AvgIpc) is 3.25. The molecule has 0 atom stereocenters. The maximum atomic E-state index is 13.1. The lowest BCUT2D eigenvalue weighted by atomic mass is 9.90. The highest BCUT2D eigenvalue weighted by molar-refractivity contribution is 7.09. The fourth-order valence-electron chi connectivity index (χ4n) is 3.96. The zero-order chi connectivity index (χ0) is 21.6. The van der Waals surface area contributed by atoms with Gasteiger partial charge < -0.3 is 9.80 Å². The number of anilines is 1. The lowest BCUT2D eigenvalue weighted by molar-refractivity contribution is -0.131.